The standard InChI is InChI=1S/C22H34O/c1-17-3-11-20(12-4-17)21-13-7-18(8-14-21)5-6-19-9-15-22(23-2)16-10-19/h9-10,15-18,20-21H,3-8,11-14H2,1-2H3. The largest absolute Gasteiger partial charge is 0.497 e. The van der Waals surface area contributed by atoms with Crippen LogP contribution >= 0.6 is 0 Å². The monoisotopic (exact) mass is 314 g/mol. The minimum atomic E-state index is 0.968. The lowest BCUT2D eigenvalue weighted by Gasteiger charge is -2.37. The van der Waals surface area contributed by atoms with E-state index in [1.54, 1.807) is 7.11 Å². The fourth-order valence-corrected chi connectivity index (χ4v) is 4.87. The van der Waals surface area contributed by atoms with Crippen molar-refractivity contribution >= 4 is 0 Å². The van der Waals surface area contributed by atoms with E-state index in [1.807, 2.05) is 0 Å². The fourth-order valence-electron chi connectivity index (χ4n) is 4.87. The minimum Gasteiger partial charge on any atom is -0.497 e. The molecule has 0 atom stereocenters. The molecule has 1 nitrogen and oxygen atoms in total. The minimum absolute atomic E-state index is 0.968. The summed E-state index contributed by atoms with van der Waals surface area (Å²) in [5, 5.41) is 0. The summed E-state index contributed by atoms with van der Waals surface area (Å²) >= 11 is 0. The number of hydrogen-bond donors (Lipinski definition) is 0. The van der Waals surface area contributed by atoms with Gasteiger partial charge >= 0.3 is 0 Å². The van der Waals surface area contributed by atoms with Crippen LogP contribution in [-0.2, 0) is 6.42 Å². The maximum atomic E-state index is 5.24. The Morgan fingerprint density at radius 2 is 1.39 bits per heavy atom. The molecule has 0 spiro atoms. The topological polar surface area (TPSA) is 9.23 Å². The van der Waals surface area contributed by atoms with Crippen LogP contribution in [0.1, 0.15) is 70.3 Å². The molecule has 0 N–H and O–H groups in total. The van der Waals surface area contributed by atoms with Crippen molar-refractivity contribution < 1.29 is 4.74 Å². The fraction of sp³-hybridized carbons (Fsp3) is 0.727. The maximum absolute atomic E-state index is 5.24. The molecule has 0 aromatic heterocycles. The van der Waals surface area contributed by atoms with Gasteiger partial charge in [0.1, 0.15) is 5.75 Å². The van der Waals surface area contributed by atoms with Gasteiger partial charge in [0.25, 0.3) is 0 Å². The van der Waals surface area contributed by atoms with Crippen LogP contribution in [0.4, 0.5) is 0 Å². The summed E-state index contributed by atoms with van der Waals surface area (Å²) in [5.74, 6) is 5.05. The van der Waals surface area contributed by atoms with Gasteiger partial charge in [-0.2, -0.15) is 0 Å². The summed E-state index contributed by atoms with van der Waals surface area (Å²) < 4.78 is 5.24. The molecule has 2 aliphatic rings. The highest BCUT2D eigenvalue weighted by atomic mass is 16.5. The molecule has 1 heteroatoms. The van der Waals surface area contributed by atoms with Crippen LogP contribution in [0.5, 0.6) is 5.75 Å². The molecular formula is C22H34O. The highest BCUT2D eigenvalue weighted by molar-refractivity contribution is 5.27. The van der Waals surface area contributed by atoms with Gasteiger partial charge in [0.2, 0.25) is 0 Å². The summed E-state index contributed by atoms with van der Waals surface area (Å²) in [5.41, 5.74) is 1.47. The van der Waals surface area contributed by atoms with Crippen LogP contribution < -0.4 is 4.74 Å². The molecule has 0 unspecified atom stereocenters. The van der Waals surface area contributed by atoms with Crippen LogP contribution in [0, 0.1) is 23.7 Å². The summed E-state index contributed by atoms with van der Waals surface area (Å²) in [6.45, 7) is 2.44. The Labute approximate surface area is 142 Å². The molecule has 0 aliphatic heterocycles. The molecule has 2 saturated carbocycles. The van der Waals surface area contributed by atoms with Gasteiger partial charge < -0.3 is 4.74 Å². The normalized spacial score (nSPS) is 31.7. The first-order valence-corrected chi connectivity index (χ1v) is 9.87. The van der Waals surface area contributed by atoms with E-state index in [0.717, 1.165) is 29.4 Å². The Kier molecular flexibility index (Phi) is 6.02. The highest BCUT2D eigenvalue weighted by Gasteiger charge is 2.29. The Balaban J connectivity index is 1.38. The van der Waals surface area contributed by atoms with Crippen molar-refractivity contribution in [3.8, 4) is 5.75 Å². The van der Waals surface area contributed by atoms with E-state index >= 15 is 0 Å². The third-order valence-electron chi connectivity index (χ3n) is 6.62. The Hall–Kier alpha value is -0.980. The lowest BCUT2D eigenvalue weighted by atomic mass is 9.69. The zero-order valence-electron chi connectivity index (χ0n) is 15.1. The second-order valence-corrected chi connectivity index (χ2v) is 8.19. The van der Waals surface area contributed by atoms with E-state index in [1.165, 1.54) is 69.8 Å². The second-order valence-electron chi connectivity index (χ2n) is 8.19. The summed E-state index contributed by atoms with van der Waals surface area (Å²) in [6, 6.07) is 8.65. The van der Waals surface area contributed by atoms with Gasteiger partial charge in [-0.05, 0) is 79.9 Å². The lowest BCUT2D eigenvalue weighted by molar-refractivity contribution is 0.148. The number of hydrogen-bond acceptors (Lipinski definition) is 1. The van der Waals surface area contributed by atoms with Crippen molar-refractivity contribution in [2.24, 2.45) is 23.7 Å². The SMILES string of the molecule is COc1ccc(CCC2CCC(C3CCC(C)CC3)CC2)cc1. The molecule has 0 bridgehead atoms. The van der Waals surface area contributed by atoms with Crippen LogP contribution in [0.25, 0.3) is 0 Å². The van der Waals surface area contributed by atoms with Crippen molar-refractivity contribution in [1.82, 2.24) is 0 Å². The summed E-state index contributed by atoms with van der Waals surface area (Å²) in [6.07, 6.45) is 14.6. The predicted octanol–water partition coefficient (Wildman–Crippen LogP) is 6.26. The number of aryl methyl sites for hydroxylation is 1. The van der Waals surface area contributed by atoms with Gasteiger partial charge in [0.15, 0.2) is 0 Å². The summed E-state index contributed by atoms with van der Waals surface area (Å²) in [4.78, 5) is 0. The van der Waals surface area contributed by atoms with Crippen molar-refractivity contribution in [3.05, 3.63) is 29.8 Å². The molecule has 1 aromatic carbocycles. The maximum Gasteiger partial charge on any atom is 0.118 e. The molecule has 2 aliphatic carbocycles. The van der Waals surface area contributed by atoms with Crippen LogP contribution in [-0.4, -0.2) is 7.11 Å². The molecule has 3 rings (SSSR count). The van der Waals surface area contributed by atoms with E-state index in [-0.39, 0.29) is 0 Å². The van der Waals surface area contributed by atoms with E-state index in [2.05, 4.69) is 31.2 Å². The second kappa shape index (κ2) is 8.22. The van der Waals surface area contributed by atoms with E-state index < -0.39 is 0 Å². The molecule has 23 heavy (non-hydrogen) atoms. The van der Waals surface area contributed by atoms with Gasteiger partial charge in [-0.3, -0.25) is 0 Å². The molecule has 0 heterocycles. The third-order valence-corrected chi connectivity index (χ3v) is 6.62. The summed E-state index contributed by atoms with van der Waals surface area (Å²) in [7, 11) is 1.74. The molecular weight excluding hydrogens is 280 g/mol. The molecule has 0 amide bonds. The van der Waals surface area contributed by atoms with Crippen molar-refractivity contribution in [3.63, 3.8) is 0 Å². The van der Waals surface area contributed by atoms with Crippen LogP contribution in [0.3, 0.4) is 0 Å². The smallest absolute Gasteiger partial charge is 0.118 e. The van der Waals surface area contributed by atoms with E-state index in [0.29, 0.717) is 0 Å². The van der Waals surface area contributed by atoms with Gasteiger partial charge in [-0.25, -0.2) is 0 Å². The third kappa shape index (κ3) is 4.75. The average Bonchev–Trinajstić information content (AvgIpc) is 2.61. The number of benzene rings is 1. The van der Waals surface area contributed by atoms with Crippen molar-refractivity contribution in [2.75, 3.05) is 7.11 Å². The van der Waals surface area contributed by atoms with Crippen molar-refractivity contribution in [2.45, 2.75) is 71.1 Å². The molecule has 128 valence electrons. The van der Waals surface area contributed by atoms with Crippen molar-refractivity contribution in [1.29, 1.82) is 0 Å². The van der Waals surface area contributed by atoms with E-state index in [4.69, 9.17) is 4.74 Å². The highest BCUT2D eigenvalue weighted by Crippen LogP contribution is 2.42. The number of methoxy groups -OCH3 is 1. The van der Waals surface area contributed by atoms with Crippen LogP contribution in [0.2, 0.25) is 0 Å². The molecule has 0 radical (unpaired) electrons. The lowest BCUT2D eigenvalue weighted by Crippen LogP contribution is -2.25. The quantitative estimate of drug-likeness (QED) is 0.623. The average molecular weight is 315 g/mol. The predicted molar refractivity (Wildman–Crippen MR) is 97.9 cm³/mol. The Morgan fingerprint density at radius 1 is 0.826 bits per heavy atom. The number of ether oxygens (including phenoxy) is 1. The van der Waals surface area contributed by atoms with Gasteiger partial charge in [0, 0.05) is 0 Å². The zero-order chi connectivity index (χ0) is 16.1. The first kappa shape index (κ1) is 16.9. The zero-order valence-corrected chi connectivity index (χ0v) is 15.1. The molecule has 1 aromatic rings. The van der Waals surface area contributed by atoms with Gasteiger partial charge in [-0.1, -0.05) is 44.7 Å². The van der Waals surface area contributed by atoms with E-state index in [9.17, 15) is 0 Å². The first-order chi connectivity index (χ1) is 11.2. The Morgan fingerprint density at radius 3 is 1.96 bits per heavy atom. The molecule has 2 fully saturated rings. The first-order valence-electron chi connectivity index (χ1n) is 9.87. The number of rotatable bonds is 5. The van der Waals surface area contributed by atoms with Gasteiger partial charge in [-0.15, -0.1) is 0 Å². The Bertz CT molecular complexity index is 447. The van der Waals surface area contributed by atoms with Gasteiger partial charge in [0.05, 0.1) is 7.11 Å². The molecule has 0 saturated heterocycles. The van der Waals surface area contributed by atoms with Crippen LogP contribution in [0.15, 0.2) is 24.3 Å².